The monoisotopic (exact) mass is 454 g/mol. The van der Waals surface area contributed by atoms with Gasteiger partial charge < -0.3 is 9.09 Å². The van der Waals surface area contributed by atoms with Crippen molar-refractivity contribution >= 4 is 33.6 Å². The van der Waals surface area contributed by atoms with Crippen molar-refractivity contribution in [1.82, 2.24) is 14.7 Å². The van der Waals surface area contributed by atoms with E-state index in [1.54, 1.807) is 0 Å². The van der Waals surface area contributed by atoms with E-state index >= 15 is 0 Å². The summed E-state index contributed by atoms with van der Waals surface area (Å²) in [5.41, 5.74) is 6.49. The average molecular weight is 454 g/mol. The summed E-state index contributed by atoms with van der Waals surface area (Å²) in [6.07, 6.45) is 3.94. The van der Waals surface area contributed by atoms with Crippen LogP contribution in [-0.4, -0.2) is 14.7 Å². The summed E-state index contributed by atoms with van der Waals surface area (Å²) in [6, 6.07) is 12.1. The van der Waals surface area contributed by atoms with Crippen LogP contribution in [0.2, 0.25) is 0 Å². The number of aryl methyl sites for hydroxylation is 2. The molecule has 0 saturated heterocycles. The molecule has 0 atom stereocenters. The fourth-order valence-corrected chi connectivity index (χ4v) is 3.99. The highest BCUT2D eigenvalue weighted by atomic mass is 127. The Kier molecular flexibility index (Phi) is 4.24. The number of hydrogen-bond acceptors (Lipinski definition) is 4. The zero-order valence-electron chi connectivity index (χ0n) is 14.3. The van der Waals surface area contributed by atoms with Crippen molar-refractivity contribution in [3.05, 3.63) is 68.9 Å². The second-order valence-corrected chi connectivity index (χ2v) is 7.33. The summed E-state index contributed by atoms with van der Waals surface area (Å²) in [7, 11) is 0. The maximum Gasteiger partial charge on any atom is 0.141 e. The first kappa shape index (κ1) is 16.8. The lowest BCUT2D eigenvalue weighted by atomic mass is 10.1. The largest absolute Gasteiger partial charge is 0.361 e. The number of hydrogen-bond donors (Lipinski definition) is 0. The Morgan fingerprint density at radius 3 is 2.81 bits per heavy atom. The molecule has 3 aromatic heterocycles. The molecule has 4 rings (SSSR count). The van der Waals surface area contributed by atoms with Gasteiger partial charge in [0, 0.05) is 30.1 Å². The molecule has 128 valence electrons. The average Bonchev–Trinajstić information content (AvgIpc) is 3.14. The van der Waals surface area contributed by atoms with Crippen molar-refractivity contribution in [2.24, 2.45) is 0 Å². The van der Waals surface area contributed by atoms with E-state index in [9.17, 15) is 5.26 Å². The zero-order valence-corrected chi connectivity index (χ0v) is 16.5. The van der Waals surface area contributed by atoms with Gasteiger partial charge in [0.1, 0.15) is 11.3 Å². The van der Waals surface area contributed by atoms with Gasteiger partial charge in [-0.15, -0.1) is 0 Å². The molecule has 4 aromatic rings. The van der Waals surface area contributed by atoms with Gasteiger partial charge in [0.05, 0.1) is 26.4 Å². The Labute approximate surface area is 164 Å². The second-order valence-electron chi connectivity index (χ2n) is 6.16. The van der Waals surface area contributed by atoms with E-state index in [1.165, 1.54) is 0 Å². The molecular weight excluding hydrogens is 439 g/mol. The molecule has 26 heavy (non-hydrogen) atoms. The summed E-state index contributed by atoms with van der Waals surface area (Å²) in [5.74, 6) is 0.784. The minimum Gasteiger partial charge on any atom is -0.361 e. The van der Waals surface area contributed by atoms with E-state index in [-0.39, 0.29) is 0 Å². The van der Waals surface area contributed by atoms with Gasteiger partial charge in [-0.25, -0.2) is 0 Å². The van der Waals surface area contributed by atoms with E-state index in [2.05, 4.69) is 55.6 Å². The predicted octanol–water partition coefficient (Wildman–Crippen LogP) is 4.83. The molecule has 3 heterocycles. The number of benzene rings is 1. The van der Waals surface area contributed by atoms with Gasteiger partial charge in [0.2, 0.25) is 0 Å². The summed E-state index contributed by atoms with van der Waals surface area (Å²) in [6.45, 7) is 4.46. The minimum atomic E-state index is 0.621. The molecule has 0 amide bonds. The third kappa shape index (κ3) is 2.78. The van der Waals surface area contributed by atoms with Crippen LogP contribution in [0.4, 0.5) is 0 Å². The number of aromatic nitrogens is 3. The van der Waals surface area contributed by atoms with Crippen LogP contribution in [0.1, 0.15) is 22.6 Å². The molecule has 0 unspecified atom stereocenters. The second kappa shape index (κ2) is 6.57. The molecule has 0 bridgehead atoms. The molecule has 0 aliphatic rings. The Morgan fingerprint density at radius 1 is 1.27 bits per heavy atom. The van der Waals surface area contributed by atoms with E-state index < -0.39 is 0 Å². The normalized spacial score (nSPS) is 11.0. The highest BCUT2D eigenvalue weighted by Gasteiger charge is 2.16. The summed E-state index contributed by atoms with van der Waals surface area (Å²) >= 11 is 2.30. The van der Waals surface area contributed by atoms with Gasteiger partial charge in [0.15, 0.2) is 0 Å². The van der Waals surface area contributed by atoms with Crippen LogP contribution < -0.4 is 0 Å². The third-order valence-electron chi connectivity index (χ3n) is 4.47. The molecule has 1 aromatic carbocycles. The van der Waals surface area contributed by atoms with Gasteiger partial charge in [-0.1, -0.05) is 23.4 Å². The number of halogens is 1. The van der Waals surface area contributed by atoms with E-state index in [1.807, 2.05) is 44.3 Å². The molecular formula is C20H15IN4O. The van der Waals surface area contributed by atoms with Crippen molar-refractivity contribution in [2.45, 2.75) is 20.4 Å². The standard InChI is InChI=1S/C20H15IN4O/c1-12-19(13(2)26-24-12)16-7-18-20(23-9-16)17(21)11-25(18)10-15-6-4-3-5-14(15)8-22/h3-7,9,11H,10H2,1-2H3. The number of fused-ring (bicyclic) bond motifs is 1. The minimum absolute atomic E-state index is 0.621. The van der Waals surface area contributed by atoms with Gasteiger partial charge in [-0.05, 0) is 54.1 Å². The number of nitrogens with zero attached hydrogens (tertiary/aromatic N) is 4. The number of nitriles is 1. The number of rotatable bonds is 3. The Morgan fingerprint density at radius 2 is 2.08 bits per heavy atom. The summed E-state index contributed by atoms with van der Waals surface area (Å²) < 4.78 is 8.52. The predicted molar refractivity (Wildman–Crippen MR) is 108 cm³/mol. The number of pyridine rings is 1. The highest BCUT2D eigenvalue weighted by molar-refractivity contribution is 14.1. The SMILES string of the molecule is Cc1noc(C)c1-c1cnc2c(I)cn(Cc3ccccc3C#N)c2c1. The van der Waals surface area contributed by atoms with Crippen LogP contribution in [0.3, 0.4) is 0 Å². The van der Waals surface area contributed by atoms with Crippen LogP contribution in [0.5, 0.6) is 0 Å². The molecule has 0 aliphatic carbocycles. The van der Waals surface area contributed by atoms with Crippen LogP contribution in [0.15, 0.2) is 47.2 Å². The first-order chi connectivity index (χ1) is 12.6. The third-order valence-corrected chi connectivity index (χ3v) is 5.26. The van der Waals surface area contributed by atoms with Crippen LogP contribution >= 0.6 is 22.6 Å². The van der Waals surface area contributed by atoms with Crippen molar-refractivity contribution in [1.29, 1.82) is 5.26 Å². The van der Waals surface area contributed by atoms with Crippen LogP contribution in [0, 0.1) is 28.7 Å². The highest BCUT2D eigenvalue weighted by Crippen LogP contribution is 2.31. The lowest BCUT2D eigenvalue weighted by Gasteiger charge is -2.08. The smallest absolute Gasteiger partial charge is 0.141 e. The lowest BCUT2D eigenvalue weighted by Crippen LogP contribution is -2.00. The molecule has 0 saturated carbocycles. The van der Waals surface area contributed by atoms with Gasteiger partial charge >= 0.3 is 0 Å². The van der Waals surface area contributed by atoms with Gasteiger partial charge in [0.25, 0.3) is 0 Å². The van der Waals surface area contributed by atoms with E-state index in [0.717, 1.165) is 42.7 Å². The lowest BCUT2D eigenvalue weighted by molar-refractivity contribution is 0.393. The summed E-state index contributed by atoms with van der Waals surface area (Å²) in [5, 5.41) is 13.4. The molecule has 0 radical (unpaired) electrons. The van der Waals surface area contributed by atoms with Crippen molar-refractivity contribution in [3.63, 3.8) is 0 Å². The molecule has 5 nitrogen and oxygen atoms in total. The first-order valence-corrected chi connectivity index (χ1v) is 9.22. The Bertz CT molecular complexity index is 1150. The van der Waals surface area contributed by atoms with Crippen LogP contribution in [-0.2, 0) is 6.54 Å². The molecule has 0 fully saturated rings. The van der Waals surface area contributed by atoms with Crippen molar-refractivity contribution in [3.8, 4) is 17.2 Å². The Balaban J connectivity index is 1.86. The van der Waals surface area contributed by atoms with Gasteiger partial charge in [-0.3, -0.25) is 4.98 Å². The maximum absolute atomic E-state index is 9.35. The summed E-state index contributed by atoms with van der Waals surface area (Å²) in [4.78, 5) is 4.66. The molecule has 0 N–H and O–H groups in total. The molecule has 0 aliphatic heterocycles. The maximum atomic E-state index is 9.35. The zero-order chi connectivity index (χ0) is 18.3. The van der Waals surface area contributed by atoms with E-state index in [0.29, 0.717) is 12.1 Å². The topological polar surface area (TPSA) is 67.6 Å². The Hall–Kier alpha value is -2.66. The quantitative estimate of drug-likeness (QED) is 0.416. The van der Waals surface area contributed by atoms with Crippen molar-refractivity contribution < 1.29 is 4.52 Å². The first-order valence-electron chi connectivity index (χ1n) is 8.14. The fourth-order valence-electron chi connectivity index (χ4n) is 3.24. The molecule has 6 heteroatoms. The fraction of sp³-hybridized carbons (Fsp3) is 0.150. The van der Waals surface area contributed by atoms with E-state index in [4.69, 9.17) is 4.52 Å². The van der Waals surface area contributed by atoms with Crippen LogP contribution in [0.25, 0.3) is 22.2 Å². The van der Waals surface area contributed by atoms with Crippen molar-refractivity contribution in [2.75, 3.05) is 0 Å². The molecule has 0 spiro atoms. The van der Waals surface area contributed by atoms with Gasteiger partial charge in [-0.2, -0.15) is 5.26 Å².